The van der Waals surface area contributed by atoms with Gasteiger partial charge in [-0.3, -0.25) is 9.69 Å². The first-order valence-corrected chi connectivity index (χ1v) is 14.5. The first kappa shape index (κ1) is 31.1. The van der Waals surface area contributed by atoms with Crippen LogP contribution in [0.2, 0.25) is 10.0 Å². The van der Waals surface area contributed by atoms with E-state index in [-0.39, 0.29) is 12.5 Å². The summed E-state index contributed by atoms with van der Waals surface area (Å²) in [7, 11) is 0. The lowest BCUT2D eigenvalue weighted by Crippen LogP contribution is -2.48. The number of halogens is 2. The number of rotatable bonds is 9. The SMILES string of the molecule is CC(C)N1CCN(c2ccc(OC[C@H]3CO[C@](Cn4cncn4)(c4ccc(Cl)cc4Cl)O3)cc2)CC1.CCC(=O)O. The van der Waals surface area contributed by atoms with Crippen LogP contribution in [0.5, 0.6) is 5.75 Å². The monoisotopic (exact) mass is 605 g/mol. The van der Waals surface area contributed by atoms with Crippen LogP contribution in [-0.2, 0) is 26.6 Å². The molecule has 1 aromatic heterocycles. The van der Waals surface area contributed by atoms with E-state index in [1.807, 2.05) is 18.2 Å². The highest BCUT2D eigenvalue weighted by Crippen LogP contribution is 2.40. The van der Waals surface area contributed by atoms with E-state index in [0.717, 1.165) is 31.9 Å². The van der Waals surface area contributed by atoms with Gasteiger partial charge < -0.3 is 24.2 Å². The number of carboxylic acids is 1. The Morgan fingerprint density at radius 2 is 1.85 bits per heavy atom. The molecule has 3 aromatic rings. The van der Waals surface area contributed by atoms with Crippen molar-refractivity contribution >= 4 is 34.9 Å². The van der Waals surface area contributed by atoms with E-state index in [4.69, 9.17) is 42.5 Å². The number of carboxylic acid groups (broad SMARTS) is 1. The molecule has 0 bridgehead atoms. The van der Waals surface area contributed by atoms with Gasteiger partial charge in [-0.05, 0) is 50.2 Å². The zero-order valence-electron chi connectivity index (χ0n) is 23.6. The fourth-order valence-corrected chi connectivity index (χ4v) is 5.27. The smallest absolute Gasteiger partial charge is 0.303 e. The summed E-state index contributed by atoms with van der Waals surface area (Å²) in [5.74, 6) is -1.07. The summed E-state index contributed by atoms with van der Waals surface area (Å²) >= 11 is 12.7. The van der Waals surface area contributed by atoms with Gasteiger partial charge in [-0.25, -0.2) is 9.67 Å². The molecule has 0 aliphatic carbocycles. The molecule has 41 heavy (non-hydrogen) atoms. The second-order valence-corrected chi connectivity index (χ2v) is 11.0. The maximum atomic E-state index is 9.37. The molecule has 2 atom stereocenters. The minimum Gasteiger partial charge on any atom is -0.491 e. The van der Waals surface area contributed by atoms with Crippen molar-refractivity contribution in [1.29, 1.82) is 0 Å². The summed E-state index contributed by atoms with van der Waals surface area (Å²) < 4.78 is 20.4. The van der Waals surface area contributed by atoms with E-state index >= 15 is 0 Å². The predicted molar refractivity (Wildman–Crippen MR) is 158 cm³/mol. The lowest BCUT2D eigenvalue weighted by molar-refractivity contribution is -0.190. The van der Waals surface area contributed by atoms with Gasteiger partial charge in [0.25, 0.3) is 0 Å². The molecule has 0 radical (unpaired) electrons. The van der Waals surface area contributed by atoms with Crippen LogP contribution in [0.1, 0.15) is 32.8 Å². The number of piperazine rings is 1. The Bertz CT molecular complexity index is 1250. The molecule has 0 spiro atoms. The predicted octanol–water partition coefficient (Wildman–Crippen LogP) is 4.94. The normalized spacial score (nSPS) is 21.0. The second kappa shape index (κ2) is 14.3. The molecule has 10 nitrogen and oxygen atoms in total. The van der Waals surface area contributed by atoms with Crippen molar-refractivity contribution in [3.8, 4) is 5.75 Å². The third-order valence-corrected chi connectivity index (χ3v) is 7.57. The minimum atomic E-state index is -1.12. The molecule has 222 valence electrons. The number of hydrogen-bond donors (Lipinski definition) is 1. The first-order chi connectivity index (χ1) is 19.7. The molecule has 2 aliphatic heterocycles. The van der Waals surface area contributed by atoms with E-state index in [9.17, 15) is 4.79 Å². The summed E-state index contributed by atoms with van der Waals surface area (Å²) in [5.41, 5.74) is 1.91. The fourth-order valence-electron chi connectivity index (χ4n) is 4.72. The average molecular weight is 607 g/mol. The Morgan fingerprint density at radius 1 is 1.15 bits per heavy atom. The third-order valence-electron chi connectivity index (χ3n) is 7.02. The van der Waals surface area contributed by atoms with Crippen LogP contribution < -0.4 is 9.64 Å². The average Bonchev–Trinajstić information content (AvgIpc) is 3.63. The number of aliphatic carboxylic acids is 1. The van der Waals surface area contributed by atoms with Gasteiger partial charge in [-0.1, -0.05) is 36.2 Å². The van der Waals surface area contributed by atoms with Gasteiger partial charge in [0.05, 0.1) is 11.6 Å². The molecular weight excluding hydrogens is 569 g/mol. The van der Waals surface area contributed by atoms with Gasteiger partial charge in [-0.15, -0.1) is 0 Å². The van der Waals surface area contributed by atoms with Crippen molar-refractivity contribution in [3.05, 3.63) is 70.7 Å². The third kappa shape index (κ3) is 8.33. The van der Waals surface area contributed by atoms with Crippen molar-refractivity contribution in [2.75, 3.05) is 44.3 Å². The van der Waals surface area contributed by atoms with Crippen LogP contribution >= 0.6 is 23.2 Å². The standard InChI is InChI=1S/C26H31Cl2N5O3.C3H6O2/c1-19(2)31-9-11-32(12-10-31)21-4-6-22(7-5-21)34-14-23-15-35-26(36-23,16-33-18-29-17-30-33)24-8-3-20(27)13-25(24)28;1-2-3(4)5/h3-8,13,17-19,23H,9-12,14-16H2,1-2H3;2H2,1H3,(H,4,5)/t23-,26-;/m0./s1. The quantitative estimate of drug-likeness (QED) is 0.363. The van der Waals surface area contributed by atoms with Crippen molar-refractivity contribution in [3.63, 3.8) is 0 Å². The number of carbonyl (C=O) groups is 1. The molecule has 0 unspecified atom stereocenters. The highest BCUT2D eigenvalue weighted by molar-refractivity contribution is 6.35. The molecule has 2 aliphatic rings. The summed E-state index contributed by atoms with van der Waals surface area (Å²) in [6.07, 6.45) is 3.02. The van der Waals surface area contributed by atoms with Crippen molar-refractivity contribution in [2.45, 2.75) is 51.7 Å². The van der Waals surface area contributed by atoms with Gasteiger partial charge in [0, 0.05) is 54.9 Å². The molecule has 2 aromatic carbocycles. The number of ether oxygens (including phenoxy) is 3. The largest absolute Gasteiger partial charge is 0.491 e. The lowest BCUT2D eigenvalue weighted by atomic mass is 10.1. The molecule has 1 N–H and O–H groups in total. The highest BCUT2D eigenvalue weighted by Gasteiger charge is 2.45. The van der Waals surface area contributed by atoms with Crippen LogP contribution in [-0.4, -0.2) is 82.3 Å². The van der Waals surface area contributed by atoms with Crippen LogP contribution in [0.4, 0.5) is 5.69 Å². The maximum Gasteiger partial charge on any atom is 0.303 e. The summed E-state index contributed by atoms with van der Waals surface area (Å²) in [6, 6.07) is 14.1. The zero-order valence-corrected chi connectivity index (χ0v) is 25.1. The van der Waals surface area contributed by atoms with Gasteiger partial charge in [-0.2, -0.15) is 5.10 Å². The van der Waals surface area contributed by atoms with E-state index in [0.29, 0.717) is 41.4 Å². The summed E-state index contributed by atoms with van der Waals surface area (Å²) in [4.78, 5) is 18.3. The molecule has 3 heterocycles. The summed E-state index contributed by atoms with van der Waals surface area (Å²) in [6.45, 7) is 11.3. The first-order valence-electron chi connectivity index (χ1n) is 13.7. The number of benzene rings is 2. The van der Waals surface area contributed by atoms with Crippen LogP contribution in [0.3, 0.4) is 0 Å². The van der Waals surface area contributed by atoms with Gasteiger partial charge >= 0.3 is 5.97 Å². The maximum absolute atomic E-state index is 9.37. The van der Waals surface area contributed by atoms with Gasteiger partial charge in [0.15, 0.2) is 0 Å². The number of hydrogen-bond acceptors (Lipinski definition) is 8. The lowest BCUT2D eigenvalue weighted by Gasteiger charge is -2.38. The number of aromatic nitrogens is 3. The molecule has 12 heteroatoms. The van der Waals surface area contributed by atoms with Crippen LogP contribution in [0.25, 0.3) is 0 Å². The van der Waals surface area contributed by atoms with Crippen LogP contribution in [0.15, 0.2) is 55.1 Å². The number of nitrogens with zero attached hydrogens (tertiary/aromatic N) is 5. The Hall–Kier alpha value is -2.89. The van der Waals surface area contributed by atoms with Gasteiger partial charge in [0.1, 0.15) is 37.7 Å². The van der Waals surface area contributed by atoms with E-state index in [2.05, 4.69) is 45.9 Å². The molecule has 0 amide bonds. The number of anilines is 1. The molecule has 2 saturated heterocycles. The molecule has 0 saturated carbocycles. The van der Waals surface area contributed by atoms with Crippen LogP contribution in [0, 0.1) is 0 Å². The van der Waals surface area contributed by atoms with E-state index in [1.54, 1.807) is 30.1 Å². The fraction of sp³-hybridized carbons (Fsp3) is 0.483. The van der Waals surface area contributed by atoms with Crippen molar-refractivity contribution < 1.29 is 24.1 Å². The van der Waals surface area contributed by atoms with E-state index < -0.39 is 11.8 Å². The highest BCUT2D eigenvalue weighted by atomic mass is 35.5. The van der Waals surface area contributed by atoms with Crippen molar-refractivity contribution in [2.24, 2.45) is 0 Å². The van der Waals surface area contributed by atoms with E-state index in [1.165, 1.54) is 12.0 Å². The Labute approximate surface area is 250 Å². The van der Waals surface area contributed by atoms with Crippen molar-refractivity contribution in [1.82, 2.24) is 19.7 Å². The molecule has 2 fully saturated rings. The second-order valence-electron chi connectivity index (χ2n) is 10.2. The topological polar surface area (TPSA) is 102 Å². The zero-order chi connectivity index (χ0) is 29.4. The molecular formula is C29H37Cl2N5O5. The minimum absolute atomic E-state index is 0.222. The Kier molecular flexibility index (Phi) is 10.9. The summed E-state index contributed by atoms with van der Waals surface area (Å²) in [5, 5.41) is 12.9. The Balaban J connectivity index is 0.000000714. The Morgan fingerprint density at radius 3 is 2.44 bits per heavy atom. The molecule has 5 rings (SSSR count). The van der Waals surface area contributed by atoms with Gasteiger partial charge in [0.2, 0.25) is 5.79 Å².